The van der Waals surface area contributed by atoms with E-state index in [0.717, 1.165) is 79.0 Å². The summed E-state index contributed by atoms with van der Waals surface area (Å²) < 4.78 is 2.25. The zero-order valence-electron chi connectivity index (χ0n) is 27.4. The third kappa shape index (κ3) is 6.74. The molecule has 1 aliphatic heterocycles. The van der Waals surface area contributed by atoms with Crippen molar-refractivity contribution in [2.75, 3.05) is 17.7 Å². The van der Waals surface area contributed by atoms with Crippen LogP contribution in [0.25, 0.3) is 28.1 Å². The molecule has 0 amide bonds. The smallest absolute Gasteiger partial charge is 0.0879 e. The molecule has 0 aromatic heterocycles. The molecule has 5 aromatic carbocycles. The van der Waals surface area contributed by atoms with Crippen LogP contribution in [0.4, 0.5) is 34.1 Å². The van der Waals surface area contributed by atoms with Crippen molar-refractivity contribution in [3.8, 4) is 17.1 Å². The molecular weight excluding hydrogens is 615 g/mol. The van der Waals surface area contributed by atoms with Gasteiger partial charge in [-0.25, -0.2) is 20.0 Å². The van der Waals surface area contributed by atoms with Gasteiger partial charge in [0.25, 0.3) is 0 Å². The number of rotatable bonds is 7. The molecule has 1 heterocycles. The SMILES string of the molecule is CNc1ccc(Nc2ccc(N=C3C=CC(=Nc4ccc(N=c5ccc6nc7ccccc7n(-c7ccccc7)c-6c5)cc4)C=C3)cc2)cc1. The normalized spacial score (nSPS) is 12.8. The number of fused-ring (bicyclic) bond motifs is 2. The van der Waals surface area contributed by atoms with Crippen LogP contribution in [0.15, 0.2) is 185 Å². The first-order valence-corrected chi connectivity index (χ1v) is 16.5. The summed E-state index contributed by atoms with van der Waals surface area (Å²) in [4.78, 5) is 19.4. The topological polar surface area (TPSA) is 79.0 Å². The van der Waals surface area contributed by atoms with Crippen molar-refractivity contribution in [3.05, 3.63) is 175 Å². The molecule has 8 rings (SSSR count). The third-order valence-electron chi connectivity index (χ3n) is 8.38. The van der Waals surface area contributed by atoms with Gasteiger partial charge >= 0.3 is 0 Å². The van der Waals surface area contributed by atoms with E-state index in [0.29, 0.717) is 0 Å². The molecule has 0 fully saturated rings. The van der Waals surface area contributed by atoms with Crippen LogP contribution < -0.4 is 16.0 Å². The number of nitrogens with one attached hydrogen (secondary N) is 2. The van der Waals surface area contributed by atoms with E-state index in [4.69, 9.17) is 20.0 Å². The molecule has 2 aliphatic carbocycles. The number of nitrogens with zero attached hydrogens (tertiary/aromatic N) is 5. The van der Waals surface area contributed by atoms with E-state index in [-0.39, 0.29) is 0 Å². The van der Waals surface area contributed by atoms with Crippen molar-refractivity contribution in [2.45, 2.75) is 0 Å². The van der Waals surface area contributed by atoms with E-state index >= 15 is 0 Å². The number of allylic oxidation sites excluding steroid dienone is 4. The lowest BCUT2D eigenvalue weighted by molar-refractivity contribution is 1.07. The second kappa shape index (κ2) is 13.7. The Balaban J connectivity index is 0.972. The van der Waals surface area contributed by atoms with Crippen molar-refractivity contribution in [2.24, 2.45) is 15.0 Å². The monoisotopic (exact) mass is 647 g/mol. The number of hydrogen-bond donors (Lipinski definition) is 2. The molecule has 5 aromatic rings. The third-order valence-corrected chi connectivity index (χ3v) is 8.38. The Labute approximate surface area is 290 Å². The molecule has 0 saturated carbocycles. The van der Waals surface area contributed by atoms with E-state index in [1.165, 1.54) is 0 Å². The summed E-state index contributed by atoms with van der Waals surface area (Å²) in [5.74, 6) is 0. The van der Waals surface area contributed by atoms with Gasteiger partial charge in [-0.3, -0.25) is 0 Å². The molecule has 50 heavy (non-hydrogen) atoms. The summed E-state index contributed by atoms with van der Waals surface area (Å²) in [6.45, 7) is 0. The van der Waals surface area contributed by atoms with Gasteiger partial charge in [-0.1, -0.05) is 30.3 Å². The Bertz CT molecular complexity index is 2430. The Morgan fingerprint density at radius 1 is 0.520 bits per heavy atom. The van der Waals surface area contributed by atoms with E-state index in [1.807, 2.05) is 141 Å². The van der Waals surface area contributed by atoms with Crippen molar-refractivity contribution in [1.82, 2.24) is 9.55 Å². The molecule has 240 valence electrons. The lowest BCUT2D eigenvalue weighted by Gasteiger charge is -2.18. The maximum atomic E-state index is 4.94. The number of benzene rings is 6. The fourth-order valence-corrected chi connectivity index (χ4v) is 5.87. The van der Waals surface area contributed by atoms with Gasteiger partial charge in [0.05, 0.1) is 56.3 Å². The fraction of sp³-hybridized carbons (Fsp3) is 0.0233. The van der Waals surface area contributed by atoms with E-state index in [2.05, 4.69) is 51.6 Å². The lowest BCUT2D eigenvalue weighted by Crippen LogP contribution is -2.10. The standard InChI is InChI=1S/C43H33N7/c1-44-30-11-13-31(14-12-30)45-32-15-17-33(18-16-32)46-34-19-21-35(22-20-34)47-36-23-25-37(26-24-36)48-38-27-28-41-43(29-38)50(39-7-3-2-4-8-39)42-10-6-5-9-40(42)49-41/h2-29,44-45H,1H3. The summed E-state index contributed by atoms with van der Waals surface area (Å²) >= 11 is 0. The highest BCUT2D eigenvalue weighted by atomic mass is 15.0. The Morgan fingerprint density at radius 3 is 1.70 bits per heavy atom. The van der Waals surface area contributed by atoms with Crippen LogP contribution in [-0.2, 0) is 0 Å². The number of aliphatic imine (C=N–C) groups is 2. The number of hydrogen-bond acceptors (Lipinski definition) is 6. The van der Waals surface area contributed by atoms with Crippen molar-refractivity contribution < 1.29 is 0 Å². The van der Waals surface area contributed by atoms with Crippen molar-refractivity contribution in [3.63, 3.8) is 0 Å². The first-order valence-electron chi connectivity index (χ1n) is 16.5. The van der Waals surface area contributed by atoms with E-state index in [9.17, 15) is 0 Å². The van der Waals surface area contributed by atoms with Gasteiger partial charge in [-0.05, 0) is 140 Å². The molecule has 3 aliphatic rings. The molecule has 0 atom stereocenters. The van der Waals surface area contributed by atoms with Gasteiger partial charge in [-0.2, -0.15) is 0 Å². The highest BCUT2D eigenvalue weighted by molar-refractivity contribution is 6.19. The number of para-hydroxylation sites is 3. The number of aromatic nitrogens is 2. The zero-order chi connectivity index (χ0) is 33.7. The maximum Gasteiger partial charge on any atom is 0.0879 e. The van der Waals surface area contributed by atoms with Crippen LogP contribution in [-0.4, -0.2) is 28.0 Å². The summed E-state index contributed by atoms with van der Waals surface area (Å²) in [6, 6.07) is 49.0. The zero-order valence-corrected chi connectivity index (χ0v) is 27.4. The molecule has 2 N–H and O–H groups in total. The minimum Gasteiger partial charge on any atom is -0.388 e. The molecule has 0 unspecified atom stereocenters. The van der Waals surface area contributed by atoms with Crippen LogP contribution in [0.1, 0.15) is 0 Å². The Hall–Kier alpha value is -6.86. The first kappa shape index (κ1) is 30.5. The van der Waals surface area contributed by atoms with Gasteiger partial charge in [0.1, 0.15) is 0 Å². The second-order valence-corrected chi connectivity index (χ2v) is 11.8. The van der Waals surface area contributed by atoms with E-state index in [1.54, 1.807) is 0 Å². The quantitative estimate of drug-likeness (QED) is 0.134. The van der Waals surface area contributed by atoms with Crippen molar-refractivity contribution >= 4 is 56.6 Å². The molecular formula is C43H33N7. The highest BCUT2D eigenvalue weighted by Crippen LogP contribution is 2.28. The largest absolute Gasteiger partial charge is 0.388 e. The predicted molar refractivity (Wildman–Crippen MR) is 208 cm³/mol. The van der Waals surface area contributed by atoms with Crippen LogP contribution in [0, 0.1) is 0 Å². The molecule has 0 bridgehead atoms. The molecule has 0 spiro atoms. The summed E-state index contributed by atoms with van der Waals surface area (Å²) in [5, 5.41) is 7.41. The summed E-state index contributed by atoms with van der Waals surface area (Å²) in [6.07, 6.45) is 7.93. The molecule has 7 nitrogen and oxygen atoms in total. The minimum atomic E-state index is 0.852. The number of anilines is 3. The van der Waals surface area contributed by atoms with Crippen LogP contribution in [0.3, 0.4) is 0 Å². The molecule has 7 heteroatoms. The van der Waals surface area contributed by atoms with Gasteiger partial charge in [-0.15, -0.1) is 0 Å². The second-order valence-electron chi connectivity index (χ2n) is 11.8. The average molecular weight is 648 g/mol. The highest BCUT2D eigenvalue weighted by Gasteiger charge is 2.13. The molecule has 0 saturated heterocycles. The minimum absolute atomic E-state index is 0.852. The average Bonchev–Trinajstić information content (AvgIpc) is 3.17. The summed E-state index contributed by atoms with van der Waals surface area (Å²) in [5.41, 5.74) is 12.4. The van der Waals surface area contributed by atoms with Crippen molar-refractivity contribution in [1.29, 1.82) is 0 Å². The maximum absolute atomic E-state index is 4.94. The predicted octanol–water partition coefficient (Wildman–Crippen LogP) is 10.1. The van der Waals surface area contributed by atoms with Gasteiger partial charge < -0.3 is 15.2 Å². The fourth-order valence-electron chi connectivity index (χ4n) is 5.87. The molecule has 0 radical (unpaired) electrons. The summed E-state index contributed by atoms with van der Waals surface area (Å²) in [7, 11) is 1.91. The first-order chi connectivity index (χ1) is 24.7. The Morgan fingerprint density at radius 2 is 1.06 bits per heavy atom. The lowest BCUT2D eigenvalue weighted by atomic mass is 10.1. The van der Waals surface area contributed by atoms with E-state index < -0.39 is 0 Å². The van der Waals surface area contributed by atoms with Crippen LogP contribution >= 0.6 is 0 Å². The van der Waals surface area contributed by atoms with Crippen LogP contribution in [0.2, 0.25) is 0 Å². The van der Waals surface area contributed by atoms with Gasteiger partial charge in [0.15, 0.2) is 0 Å². The van der Waals surface area contributed by atoms with Gasteiger partial charge in [0.2, 0.25) is 0 Å². The Kier molecular flexibility index (Phi) is 8.35. The van der Waals surface area contributed by atoms with Gasteiger partial charge in [0, 0.05) is 29.8 Å². The van der Waals surface area contributed by atoms with Crippen LogP contribution in [0.5, 0.6) is 0 Å².